The molecule has 0 amide bonds. The predicted molar refractivity (Wildman–Crippen MR) is 67.2 cm³/mol. The molecule has 4 bridgehead atoms. The zero-order valence-corrected chi connectivity index (χ0v) is 10.5. The molecule has 4 rings (SSSR count). The Bertz CT molecular complexity index is 226. The first-order chi connectivity index (χ1) is 7.69. The van der Waals surface area contributed by atoms with E-state index in [-0.39, 0.29) is 0 Å². The summed E-state index contributed by atoms with van der Waals surface area (Å²) in [6.07, 6.45) is 10.0. The van der Waals surface area contributed by atoms with Gasteiger partial charge < -0.3 is 11.1 Å². The van der Waals surface area contributed by atoms with Crippen LogP contribution in [0.5, 0.6) is 0 Å². The van der Waals surface area contributed by atoms with E-state index in [1.54, 1.807) is 0 Å². The maximum atomic E-state index is 6.04. The first-order valence-electron chi connectivity index (χ1n) is 7.20. The molecule has 0 heterocycles. The molecule has 92 valence electrons. The van der Waals surface area contributed by atoms with Gasteiger partial charge in [0.05, 0.1) is 0 Å². The fraction of sp³-hybridized carbons (Fsp3) is 1.00. The Balaban J connectivity index is 1.64. The van der Waals surface area contributed by atoms with Gasteiger partial charge in [0.25, 0.3) is 0 Å². The van der Waals surface area contributed by atoms with Crippen molar-refractivity contribution in [3.8, 4) is 0 Å². The zero-order valence-electron chi connectivity index (χ0n) is 10.5. The average molecular weight is 222 g/mol. The van der Waals surface area contributed by atoms with Gasteiger partial charge in [-0.2, -0.15) is 0 Å². The quantitative estimate of drug-likeness (QED) is 0.766. The molecule has 16 heavy (non-hydrogen) atoms. The number of nitrogens with one attached hydrogen (secondary N) is 1. The summed E-state index contributed by atoms with van der Waals surface area (Å²) in [6.45, 7) is 3.22. The fourth-order valence-corrected chi connectivity index (χ4v) is 4.82. The molecular weight excluding hydrogens is 196 g/mol. The Morgan fingerprint density at radius 2 is 1.62 bits per heavy atom. The summed E-state index contributed by atoms with van der Waals surface area (Å²) in [5, 5.41) is 3.85. The van der Waals surface area contributed by atoms with Gasteiger partial charge in [-0.05, 0) is 62.7 Å². The van der Waals surface area contributed by atoms with Crippen molar-refractivity contribution in [1.29, 1.82) is 0 Å². The van der Waals surface area contributed by atoms with E-state index in [9.17, 15) is 0 Å². The van der Waals surface area contributed by atoms with E-state index in [0.717, 1.165) is 30.7 Å². The van der Waals surface area contributed by atoms with Gasteiger partial charge in [0.1, 0.15) is 0 Å². The predicted octanol–water partition coefficient (Wildman–Crippen LogP) is 2.28. The Hall–Kier alpha value is -0.0800. The molecule has 2 heteroatoms. The Labute approximate surface area is 99.4 Å². The van der Waals surface area contributed by atoms with Crippen molar-refractivity contribution in [2.45, 2.75) is 63.5 Å². The highest BCUT2D eigenvalue weighted by Crippen LogP contribution is 2.55. The number of rotatable bonds is 4. The lowest BCUT2D eigenvalue weighted by atomic mass is 9.53. The second-order valence-corrected chi connectivity index (χ2v) is 6.75. The highest BCUT2D eigenvalue weighted by molar-refractivity contribution is 5.06. The first-order valence-corrected chi connectivity index (χ1v) is 7.20. The molecule has 0 aromatic rings. The van der Waals surface area contributed by atoms with Crippen LogP contribution in [0.4, 0.5) is 0 Å². The second-order valence-electron chi connectivity index (χ2n) is 6.75. The minimum absolute atomic E-state index is 0.355. The second kappa shape index (κ2) is 3.99. The third-order valence-corrected chi connectivity index (χ3v) is 5.30. The summed E-state index contributed by atoms with van der Waals surface area (Å²) in [4.78, 5) is 0. The molecular formula is C14H26N2. The van der Waals surface area contributed by atoms with Crippen LogP contribution in [0, 0.1) is 17.8 Å². The molecule has 4 saturated carbocycles. The number of hydrogen-bond acceptors (Lipinski definition) is 2. The van der Waals surface area contributed by atoms with Crippen molar-refractivity contribution in [3.05, 3.63) is 0 Å². The van der Waals surface area contributed by atoms with Crippen LogP contribution in [-0.4, -0.2) is 18.1 Å². The van der Waals surface area contributed by atoms with E-state index < -0.39 is 0 Å². The molecule has 0 spiro atoms. The van der Waals surface area contributed by atoms with Crippen molar-refractivity contribution in [3.63, 3.8) is 0 Å². The van der Waals surface area contributed by atoms with Crippen LogP contribution in [0.1, 0.15) is 51.9 Å². The molecule has 0 aliphatic heterocycles. The Morgan fingerprint density at radius 1 is 1.12 bits per heavy atom. The van der Waals surface area contributed by atoms with Crippen molar-refractivity contribution in [1.82, 2.24) is 5.32 Å². The third-order valence-electron chi connectivity index (χ3n) is 5.30. The lowest BCUT2D eigenvalue weighted by Gasteiger charge is -2.57. The first kappa shape index (κ1) is 11.0. The van der Waals surface area contributed by atoms with Gasteiger partial charge >= 0.3 is 0 Å². The molecule has 4 aliphatic rings. The smallest absolute Gasteiger partial charge is 0.0190 e. The Morgan fingerprint density at radius 3 is 2.06 bits per heavy atom. The van der Waals surface area contributed by atoms with Crippen LogP contribution in [0.15, 0.2) is 0 Å². The van der Waals surface area contributed by atoms with Crippen molar-refractivity contribution in [2.75, 3.05) is 6.54 Å². The van der Waals surface area contributed by atoms with E-state index in [1.165, 1.54) is 38.5 Å². The van der Waals surface area contributed by atoms with Crippen molar-refractivity contribution < 1.29 is 0 Å². The lowest BCUT2D eigenvalue weighted by Crippen LogP contribution is -2.60. The summed E-state index contributed by atoms with van der Waals surface area (Å²) >= 11 is 0. The standard InChI is InChI=1S/C14H26N2/c1-2-13(15)9-16-14-6-10-3-11(7-14)5-12(4-10)8-14/h10-13,16H,2-9,15H2,1H3. The molecule has 4 aliphatic carbocycles. The average Bonchev–Trinajstić information content (AvgIpc) is 2.24. The largest absolute Gasteiger partial charge is 0.327 e. The molecule has 2 nitrogen and oxygen atoms in total. The molecule has 3 N–H and O–H groups in total. The molecule has 0 saturated heterocycles. The van der Waals surface area contributed by atoms with Crippen LogP contribution >= 0.6 is 0 Å². The van der Waals surface area contributed by atoms with E-state index in [2.05, 4.69) is 12.2 Å². The minimum Gasteiger partial charge on any atom is -0.327 e. The van der Waals surface area contributed by atoms with Gasteiger partial charge in [0.2, 0.25) is 0 Å². The number of hydrogen-bond donors (Lipinski definition) is 2. The molecule has 0 radical (unpaired) electrons. The SMILES string of the molecule is CCC(N)CNC12CC3CC(CC(C3)C1)C2. The molecule has 4 fully saturated rings. The molecule has 0 aromatic carbocycles. The van der Waals surface area contributed by atoms with Crippen LogP contribution in [0.2, 0.25) is 0 Å². The third kappa shape index (κ3) is 1.91. The van der Waals surface area contributed by atoms with Crippen LogP contribution in [-0.2, 0) is 0 Å². The van der Waals surface area contributed by atoms with Gasteiger partial charge in [-0.15, -0.1) is 0 Å². The fourth-order valence-electron chi connectivity index (χ4n) is 4.82. The van der Waals surface area contributed by atoms with Crippen LogP contribution in [0.25, 0.3) is 0 Å². The summed E-state index contributed by atoms with van der Waals surface area (Å²) in [5.41, 5.74) is 6.54. The van der Waals surface area contributed by atoms with E-state index >= 15 is 0 Å². The molecule has 0 aromatic heterocycles. The van der Waals surface area contributed by atoms with Gasteiger partial charge in [-0.25, -0.2) is 0 Å². The highest BCUT2D eigenvalue weighted by Gasteiger charge is 2.50. The zero-order chi connectivity index (χ0) is 11.2. The van der Waals surface area contributed by atoms with Gasteiger partial charge in [0, 0.05) is 18.1 Å². The lowest BCUT2D eigenvalue weighted by molar-refractivity contribution is -0.0201. The van der Waals surface area contributed by atoms with E-state index in [1.807, 2.05) is 0 Å². The van der Waals surface area contributed by atoms with Gasteiger partial charge in [-0.3, -0.25) is 0 Å². The summed E-state index contributed by atoms with van der Waals surface area (Å²) in [7, 11) is 0. The van der Waals surface area contributed by atoms with Gasteiger partial charge in [0.15, 0.2) is 0 Å². The van der Waals surface area contributed by atoms with E-state index in [0.29, 0.717) is 11.6 Å². The monoisotopic (exact) mass is 222 g/mol. The van der Waals surface area contributed by atoms with E-state index in [4.69, 9.17) is 5.73 Å². The molecule has 1 atom stereocenters. The summed E-state index contributed by atoms with van der Waals surface area (Å²) < 4.78 is 0. The highest BCUT2D eigenvalue weighted by atomic mass is 15.0. The Kier molecular flexibility index (Phi) is 2.75. The van der Waals surface area contributed by atoms with Crippen molar-refractivity contribution in [2.24, 2.45) is 23.5 Å². The van der Waals surface area contributed by atoms with Crippen LogP contribution < -0.4 is 11.1 Å². The topological polar surface area (TPSA) is 38.0 Å². The maximum absolute atomic E-state index is 6.04. The van der Waals surface area contributed by atoms with Crippen molar-refractivity contribution >= 4 is 0 Å². The summed E-state index contributed by atoms with van der Waals surface area (Å²) in [5.74, 6) is 3.12. The number of nitrogens with two attached hydrogens (primary N) is 1. The summed E-state index contributed by atoms with van der Waals surface area (Å²) in [6, 6.07) is 0.355. The van der Waals surface area contributed by atoms with Crippen LogP contribution in [0.3, 0.4) is 0 Å². The normalized spacial score (nSPS) is 47.2. The minimum atomic E-state index is 0.355. The maximum Gasteiger partial charge on any atom is 0.0190 e. The molecule has 1 unspecified atom stereocenters. The van der Waals surface area contributed by atoms with Gasteiger partial charge in [-0.1, -0.05) is 6.92 Å².